The van der Waals surface area contributed by atoms with Crippen molar-refractivity contribution in [3.8, 4) is 6.07 Å². The maximum Gasteiger partial charge on any atom is 0.254 e. The highest BCUT2D eigenvalue weighted by atomic mass is 16.1. The Morgan fingerprint density at radius 1 is 1.33 bits per heavy atom. The van der Waals surface area contributed by atoms with Gasteiger partial charge in [0.25, 0.3) is 5.91 Å². The number of aromatic nitrogens is 2. The number of nitrogens with one attached hydrogen (secondary N) is 1. The molecule has 24 heavy (non-hydrogen) atoms. The largest absolute Gasteiger partial charge is 0.365 e. The van der Waals surface area contributed by atoms with E-state index in [1.165, 1.54) is 0 Å². The molecule has 0 saturated heterocycles. The number of aryl methyl sites for hydroxylation is 1. The van der Waals surface area contributed by atoms with Gasteiger partial charge >= 0.3 is 0 Å². The van der Waals surface area contributed by atoms with Crippen molar-refractivity contribution in [2.45, 2.75) is 38.6 Å². The Hall–Kier alpha value is -2.81. The minimum Gasteiger partial charge on any atom is -0.365 e. The summed E-state index contributed by atoms with van der Waals surface area (Å²) in [5.74, 6) is -0.166. The molecule has 0 aliphatic heterocycles. The SMILES string of the molecule is Cc1ccc(Nc2nn([C@@H]3CCCC[C@H]3C#N)cc2C(N)=O)cc1. The molecule has 1 aliphatic rings. The Morgan fingerprint density at radius 2 is 2.04 bits per heavy atom. The standard InChI is InChI=1S/C18H21N5O/c1-12-6-8-14(9-7-12)21-18-15(17(20)24)11-23(22-18)16-5-3-2-4-13(16)10-19/h6-9,11,13,16H,2-5H2,1H3,(H2,20,24)(H,21,22)/t13-,16+/m0/s1. The van der Waals surface area contributed by atoms with Crippen LogP contribution in [0.15, 0.2) is 30.5 Å². The third-order valence-corrected chi connectivity index (χ3v) is 4.55. The monoisotopic (exact) mass is 323 g/mol. The number of rotatable bonds is 4. The summed E-state index contributed by atoms with van der Waals surface area (Å²) in [5, 5.41) is 17.1. The van der Waals surface area contributed by atoms with E-state index >= 15 is 0 Å². The predicted octanol–water partition coefficient (Wildman–Crippen LogP) is 3.29. The van der Waals surface area contributed by atoms with Gasteiger partial charge in [0.05, 0.1) is 18.0 Å². The minimum atomic E-state index is -0.528. The van der Waals surface area contributed by atoms with Crippen LogP contribution in [0.4, 0.5) is 11.5 Å². The second-order valence-electron chi connectivity index (χ2n) is 6.31. The van der Waals surface area contributed by atoms with E-state index in [-0.39, 0.29) is 12.0 Å². The molecule has 6 heteroatoms. The average Bonchev–Trinajstić information content (AvgIpc) is 3.01. The molecular weight excluding hydrogens is 302 g/mol. The first kappa shape index (κ1) is 16.1. The van der Waals surface area contributed by atoms with Crippen molar-refractivity contribution in [2.75, 3.05) is 5.32 Å². The van der Waals surface area contributed by atoms with E-state index in [2.05, 4.69) is 16.5 Å². The molecule has 0 bridgehead atoms. The maximum atomic E-state index is 11.8. The van der Waals surface area contributed by atoms with Gasteiger partial charge in [0.1, 0.15) is 5.56 Å². The zero-order chi connectivity index (χ0) is 17.1. The first-order chi connectivity index (χ1) is 11.6. The lowest BCUT2D eigenvalue weighted by Crippen LogP contribution is -2.22. The second kappa shape index (κ2) is 6.75. The lowest BCUT2D eigenvalue weighted by Gasteiger charge is -2.26. The van der Waals surface area contributed by atoms with Crippen LogP contribution in [-0.4, -0.2) is 15.7 Å². The van der Waals surface area contributed by atoms with E-state index < -0.39 is 5.91 Å². The summed E-state index contributed by atoms with van der Waals surface area (Å²) < 4.78 is 1.74. The molecule has 0 spiro atoms. The predicted molar refractivity (Wildman–Crippen MR) is 91.8 cm³/mol. The number of carbonyl (C=O) groups is 1. The average molecular weight is 323 g/mol. The fraction of sp³-hybridized carbons (Fsp3) is 0.389. The van der Waals surface area contributed by atoms with Crippen LogP contribution in [0.3, 0.4) is 0 Å². The normalized spacial score (nSPS) is 20.3. The molecule has 3 rings (SSSR count). The molecule has 2 aromatic rings. The van der Waals surface area contributed by atoms with Crippen molar-refractivity contribution in [1.82, 2.24) is 9.78 Å². The maximum absolute atomic E-state index is 11.8. The third kappa shape index (κ3) is 3.25. The van der Waals surface area contributed by atoms with Gasteiger partial charge in [-0.1, -0.05) is 30.5 Å². The summed E-state index contributed by atoms with van der Waals surface area (Å²) in [6, 6.07) is 10.2. The summed E-state index contributed by atoms with van der Waals surface area (Å²) >= 11 is 0. The Balaban J connectivity index is 1.91. The van der Waals surface area contributed by atoms with Crippen LogP contribution >= 0.6 is 0 Å². The number of carbonyl (C=O) groups excluding carboxylic acids is 1. The minimum absolute atomic E-state index is 0.00424. The van der Waals surface area contributed by atoms with E-state index in [1.54, 1.807) is 10.9 Å². The van der Waals surface area contributed by atoms with Crippen LogP contribution in [0.2, 0.25) is 0 Å². The fourth-order valence-corrected chi connectivity index (χ4v) is 3.19. The van der Waals surface area contributed by atoms with Crippen LogP contribution in [0.25, 0.3) is 0 Å². The highest BCUT2D eigenvalue weighted by molar-refractivity contribution is 5.98. The first-order valence-electron chi connectivity index (χ1n) is 8.20. The molecule has 1 fully saturated rings. The van der Waals surface area contributed by atoms with Crippen LogP contribution in [-0.2, 0) is 0 Å². The van der Waals surface area contributed by atoms with Gasteiger partial charge in [0.15, 0.2) is 5.82 Å². The van der Waals surface area contributed by atoms with Crippen molar-refractivity contribution in [1.29, 1.82) is 5.26 Å². The van der Waals surface area contributed by atoms with Crippen molar-refractivity contribution >= 4 is 17.4 Å². The highest BCUT2D eigenvalue weighted by Gasteiger charge is 2.28. The van der Waals surface area contributed by atoms with Crippen molar-refractivity contribution < 1.29 is 4.79 Å². The molecule has 1 saturated carbocycles. The number of nitriles is 1. The fourth-order valence-electron chi connectivity index (χ4n) is 3.19. The summed E-state index contributed by atoms with van der Waals surface area (Å²) in [4.78, 5) is 11.8. The number of nitrogens with zero attached hydrogens (tertiary/aromatic N) is 3. The van der Waals surface area contributed by atoms with Gasteiger partial charge in [0.2, 0.25) is 0 Å². The summed E-state index contributed by atoms with van der Waals surface area (Å²) in [6.45, 7) is 2.01. The van der Waals surface area contributed by atoms with Gasteiger partial charge in [-0.3, -0.25) is 9.48 Å². The smallest absolute Gasteiger partial charge is 0.254 e. The number of benzene rings is 1. The van der Waals surface area contributed by atoms with Gasteiger partial charge < -0.3 is 11.1 Å². The number of anilines is 2. The molecule has 1 aliphatic carbocycles. The Kier molecular flexibility index (Phi) is 4.52. The number of primary amides is 1. The zero-order valence-electron chi connectivity index (χ0n) is 13.7. The molecule has 0 unspecified atom stereocenters. The Morgan fingerprint density at radius 3 is 2.71 bits per heavy atom. The molecule has 1 aromatic carbocycles. The number of hydrogen-bond acceptors (Lipinski definition) is 4. The number of amides is 1. The van der Waals surface area contributed by atoms with Gasteiger partial charge in [-0.25, -0.2) is 0 Å². The Bertz CT molecular complexity index is 772. The van der Waals surface area contributed by atoms with Crippen molar-refractivity contribution in [2.24, 2.45) is 11.7 Å². The number of hydrogen-bond donors (Lipinski definition) is 2. The molecule has 1 heterocycles. The van der Waals surface area contributed by atoms with Crippen LogP contribution in [0.1, 0.15) is 47.6 Å². The van der Waals surface area contributed by atoms with E-state index in [9.17, 15) is 10.1 Å². The van der Waals surface area contributed by atoms with Crippen LogP contribution in [0, 0.1) is 24.2 Å². The van der Waals surface area contributed by atoms with Crippen molar-refractivity contribution in [3.63, 3.8) is 0 Å². The quantitative estimate of drug-likeness (QED) is 0.902. The summed E-state index contributed by atoms with van der Waals surface area (Å²) in [6.07, 6.45) is 5.55. The van der Waals surface area contributed by atoms with Gasteiger partial charge in [-0.15, -0.1) is 0 Å². The zero-order valence-corrected chi connectivity index (χ0v) is 13.7. The van der Waals surface area contributed by atoms with Gasteiger partial charge in [-0.05, 0) is 31.9 Å². The molecule has 124 valence electrons. The van der Waals surface area contributed by atoms with E-state index in [0.29, 0.717) is 11.4 Å². The van der Waals surface area contributed by atoms with Crippen LogP contribution < -0.4 is 11.1 Å². The molecule has 1 amide bonds. The Labute approximate surface area is 141 Å². The summed E-state index contributed by atoms with van der Waals surface area (Å²) in [5.41, 5.74) is 7.84. The highest BCUT2D eigenvalue weighted by Crippen LogP contribution is 2.34. The van der Waals surface area contributed by atoms with Crippen molar-refractivity contribution in [3.05, 3.63) is 41.6 Å². The lowest BCUT2D eigenvalue weighted by atomic mass is 9.85. The van der Waals surface area contributed by atoms with E-state index in [0.717, 1.165) is 36.9 Å². The molecule has 1 aromatic heterocycles. The van der Waals surface area contributed by atoms with Gasteiger partial charge in [-0.2, -0.15) is 10.4 Å². The molecule has 3 N–H and O–H groups in total. The molecular formula is C18H21N5O. The second-order valence-corrected chi connectivity index (χ2v) is 6.31. The van der Waals surface area contributed by atoms with Crippen LogP contribution in [0.5, 0.6) is 0 Å². The lowest BCUT2D eigenvalue weighted by molar-refractivity contribution is 0.100. The number of nitrogens with two attached hydrogens (primary N) is 1. The summed E-state index contributed by atoms with van der Waals surface area (Å²) in [7, 11) is 0. The topological polar surface area (TPSA) is 96.7 Å². The molecule has 6 nitrogen and oxygen atoms in total. The molecule has 0 radical (unpaired) electrons. The third-order valence-electron chi connectivity index (χ3n) is 4.55. The van der Waals surface area contributed by atoms with E-state index in [1.807, 2.05) is 31.2 Å². The molecule has 2 atom stereocenters. The first-order valence-corrected chi connectivity index (χ1v) is 8.20. The van der Waals surface area contributed by atoms with E-state index in [4.69, 9.17) is 5.73 Å². The van der Waals surface area contributed by atoms with Gasteiger partial charge in [0, 0.05) is 11.9 Å².